The van der Waals surface area contributed by atoms with Crippen LogP contribution in [0.25, 0.3) is 0 Å². The lowest BCUT2D eigenvalue weighted by molar-refractivity contribution is -0.144. The molecule has 35 heavy (non-hydrogen) atoms. The molecule has 6 nitrogen and oxygen atoms in total. The molecule has 0 unspecified atom stereocenters. The van der Waals surface area contributed by atoms with Crippen molar-refractivity contribution in [1.82, 2.24) is 4.90 Å². The first-order chi connectivity index (χ1) is 17.0. The number of amides is 3. The maximum atomic E-state index is 13.1. The standard InChI is InChI=1S/C29H30N2O4/c1-17-2-12-23(13-3-17)35-24-14-8-21(9-15-24)30-27(32)18-6-10-22(11-7-18)31-28(33)25-19-4-5-20(16-19)26(25)29(31)34/h2-5,8-9,12-15,18-20,22,25-26H,6-7,10-11,16H2,1H3,(H,30,32)/t18?,19-,20+,22?,25-,26+. The van der Waals surface area contributed by atoms with Gasteiger partial charge >= 0.3 is 0 Å². The van der Waals surface area contributed by atoms with E-state index in [4.69, 9.17) is 4.74 Å². The zero-order chi connectivity index (χ0) is 24.1. The molecule has 2 aromatic carbocycles. The Bertz CT molecular complexity index is 1150. The van der Waals surface area contributed by atoms with Crippen LogP contribution in [0.2, 0.25) is 0 Å². The fourth-order valence-corrected chi connectivity index (χ4v) is 6.47. The normalized spacial score (nSPS) is 31.1. The van der Waals surface area contributed by atoms with E-state index in [0.717, 1.165) is 17.9 Å². The van der Waals surface area contributed by atoms with Crippen molar-refractivity contribution in [2.24, 2.45) is 29.6 Å². The fraction of sp³-hybridized carbons (Fsp3) is 0.414. The number of ether oxygens (including phenoxy) is 1. The second-order valence-electron chi connectivity index (χ2n) is 10.5. The molecule has 2 saturated carbocycles. The van der Waals surface area contributed by atoms with Crippen molar-refractivity contribution < 1.29 is 19.1 Å². The van der Waals surface area contributed by atoms with Gasteiger partial charge in [-0.1, -0.05) is 29.8 Å². The minimum Gasteiger partial charge on any atom is -0.457 e. The highest BCUT2D eigenvalue weighted by Crippen LogP contribution is 2.53. The van der Waals surface area contributed by atoms with E-state index in [9.17, 15) is 14.4 Å². The van der Waals surface area contributed by atoms with E-state index in [0.29, 0.717) is 31.4 Å². The zero-order valence-electron chi connectivity index (χ0n) is 19.9. The Hall–Kier alpha value is -3.41. The van der Waals surface area contributed by atoms with Crippen molar-refractivity contribution in [2.75, 3.05) is 5.32 Å². The highest BCUT2D eigenvalue weighted by atomic mass is 16.5. The summed E-state index contributed by atoms with van der Waals surface area (Å²) < 4.78 is 5.86. The van der Waals surface area contributed by atoms with Crippen molar-refractivity contribution in [2.45, 2.75) is 45.1 Å². The second kappa shape index (κ2) is 8.67. The van der Waals surface area contributed by atoms with Crippen molar-refractivity contribution in [1.29, 1.82) is 0 Å². The van der Waals surface area contributed by atoms with Crippen LogP contribution >= 0.6 is 0 Å². The van der Waals surface area contributed by atoms with E-state index in [-0.39, 0.29) is 53.4 Å². The molecule has 1 heterocycles. The number of rotatable bonds is 5. The minimum atomic E-state index is -0.142. The molecule has 4 aliphatic rings. The molecule has 1 N–H and O–H groups in total. The van der Waals surface area contributed by atoms with Crippen LogP contribution in [-0.2, 0) is 14.4 Å². The molecule has 0 spiro atoms. The molecular weight excluding hydrogens is 440 g/mol. The van der Waals surface area contributed by atoms with Gasteiger partial charge in [-0.15, -0.1) is 0 Å². The molecule has 3 aliphatic carbocycles. The van der Waals surface area contributed by atoms with Gasteiger partial charge in [0.15, 0.2) is 0 Å². The Kier molecular flexibility index (Phi) is 5.47. The summed E-state index contributed by atoms with van der Waals surface area (Å²) in [6.07, 6.45) is 7.96. The summed E-state index contributed by atoms with van der Waals surface area (Å²) in [6, 6.07) is 15.2. The van der Waals surface area contributed by atoms with Gasteiger partial charge in [0, 0.05) is 17.6 Å². The predicted octanol–water partition coefficient (Wildman–Crippen LogP) is 5.09. The Balaban J connectivity index is 1.02. The Morgan fingerprint density at radius 2 is 1.37 bits per heavy atom. The predicted molar refractivity (Wildman–Crippen MR) is 132 cm³/mol. The first-order valence-electron chi connectivity index (χ1n) is 12.7. The topological polar surface area (TPSA) is 75.7 Å². The van der Waals surface area contributed by atoms with E-state index in [1.165, 1.54) is 5.56 Å². The molecule has 180 valence electrons. The number of nitrogens with one attached hydrogen (secondary N) is 1. The number of aryl methyl sites for hydroxylation is 1. The van der Waals surface area contributed by atoms with Crippen LogP contribution in [0.3, 0.4) is 0 Å². The average molecular weight is 471 g/mol. The van der Waals surface area contributed by atoms with Gasteiger partial charge in [0.25, 0.3) is 0 Å². The third-order valence-electron chi connectivity index (χ3n) is 8.32. The number of allylic oxidation sites excluding steroid dienone is 2. The number of anilines is 1. The highest BCUT2D eigenvalue weighted by molar-refractivity contribution is 6.06. The maximum Gasteiger partial charge on any atom is 0.233 e. The van der Waals surface area contributed by atoms with Gasteiger partial charge in [-0.05, 0) is 87.3 Å². The van der Waals surface area contributed by atoms with Crippen LogP contribution in [0.4, 0.5) is 5.69 Å². The van der Waals surface area contributed by atoms with Crippen LogP contribution in [-0.4, -0.2) is 28.7 Å². The van der Waals surface area contributed by atoms with Crippen LogP contribution in [0.5, 0.6) is 11.5 Å². The number of carbonyl (C=O) groups is 3. The molecule has 6 heteroatoms. The lowest BCUT2D eigenvalue weighted by atomic mass is 9.84. The number of fused-ring (bicyclic) bond motifs is 5. The van der Waals surface area contributed by atoms with Gasteiger partial charge in [-0.25, -0.2) is 0 Å². The number of benzene rings is 2. The summed E-state index contributed by atoms with van der Waals surface area (Å²) in [7, 11) is 0. The van der Waals surface area contributed by atoms with Crippen molar-refractivity contribution in [3.63, 3.8) is 0 Å². The number of likely N-dealkylation sites (tertiary alicyclic amines) is 1. The van der Waals surface area contributed by atoms with Crippen LogP contribution < -0.4 is 10.1 Å². The zero-order valence-corrected chi connectivity index (χ0v) is 19.9. The Labute approximate surface area is 205 Å². The molecule has 1 aliphatic heterocycles. The molecule has 3 amide bonds. The Morgan fingerprint density at radius 1 is 0.829 bits per heavy atom. The average Bonchev–Trinajstić information content (AvgIpc) is 3.55. The summed E-state index contributed by atoms with van der Waals surface area (Å²) in [6.45, 7) is 2.03. The number of carbonyl (C=O) groups excluding carboxylic acids is 3. The number of nitrogens with zero attached hydrogens (tertiary/aromatic N) is 1. The van der Waals surface area contributed by atoms with Gasteiger partial charge in [0.05, 0.1) is 11.8 Å². The quantitative estimate of drug-likeness (QED) is 0.488. The summed E-state index contributed by atoms with van der Waals surface area (Å²) >= 11 is 0. The van der Waals surface area contributed by atoms with E-state index >= 15 is 0 Å². The smallest absolute Gasteiger partial charge is 0.233 e. The second-order valence-corrected chi connectivity index (χ2v) is 10.5. The van der Waals surface area contributed by atoms with Gasteiger partial charge in [-0.2, -0.15) is 0 Å². The van der Waals surface area contributed by atoms with Crippen LogP contribution in [0.1, 0.15) is 37.7 Å². The third kappa shape index (κ3) is 3.95. The van der Waals surface area contributed by atoms with Crippen LogP contribution in [0.15, 0.2) is 60.7 Å². The Morgan fingerprint density at radius 3 is 1.94 bits per heavy atom. The monoisotopic (exact) mass is 470 g/mol. The van der Waals surface area contributed by atoms with Crippen molar-refractivity contribution >= 4 is 23.4 Å². The first kappa shape index (κ1) is 22.1. The summed E-state index contributed by atoms with van der Waals surface area (Å²) in [5, 5.41) is 3.01. The lowest BCUT2D eigenvalue weighted by Crippen LogP contribution is -2.44. The first-order valence-corrected chi connectivity index (χ1v) is 12.7. The number of hydrogen-bond acceptors (Lipinski definition) is 4. The third-order valence-corrected chi connectivity index (χ3v) is 8.32. The van der Waals surface area contributed by atoms with Gasteiger partial charge in [0.1, 0.15) is 11.5 Å². The highest BCUT2D eigenvalue weighted by Gasteiger charge is 2.60. The summed E-state index contributed by atoms with van der Waals surface area (Å²) in [4.78, 5) is 40.6. The number of hydrogen-bond donors (Lipinski definition) is 1. The SMILES string of the molecule is Cc1ccc(Oc2ccc(NC(=O)C3CCC(N4C(=O)[C@@H]5[C@H](C4=O)[C@@H]4C=C[C@H]5C4)CC3)cc2)cc1. The summed E-state index contributed by atoms with van der Waals surface area (Å²) in [5.41, 5.74) is 1.91. The molecular formula is C29H30N2O4. The maximum absolute atomic E-state index is 13.1. The fourth-order valence-electron chi connectivity index (χ4n) is 6.47. The molecule has 6 rings (SSSR count). The number of imide groups is 1. The molecule has 4 atom stereocenters. The molecule has 0 radical (unpaired) electrons. The summed E-state index contributed by atoms with van der Waals surface area (Å²) in [5.74, 6) is 1.61. The van der Waals surface area contributed by atoms with Gasteiger partial charge in [-0.3, -0.25) is 19.3 Å². The lowest BCUT2D eigenvalue weighted by Gasteiger charge is -2.33. The molecule has 3 fully saturated rings. The molecule has 2 bridgehead atoms. The van der Waals surface area contributed by atoms with Gasteiger partial charge in [0.2, 0.25) is 17.7 Å². The minimum absolute atomic E-state index is 0.00570. The van der Waals surface area contributed by atoms with Crippen molar-refractivity contribution in [3.05, 3.63) is 66.2 Å². The van der Waals surface area contributed by atoms with Crippen LogP contribution in [0, 0.1) is 36.5 Å². The van der Waals surface area contributed by atoms with E-state index < -0.39 is 0 Å². The van der Waals surface area contributed by atoms with Gasteiger partial charge < -0.3 is 10.1 Å². The molecule has 2 aromatic rings. The molecule has 0 aromatic heterocycles. The largest absolute Gasteiger partial charge is 0.457 e. The van der Waals surface area contributed by atoms with Crippen molar-refractivity contribution in [3.8, 4) is 11.5 Å². The van der Waals surface area contributed by atoms with E-state index in [1.54, 1.807) is 4.90 Å². The van der Waals surface area contributed by atoms with E-state index in [1.807, 2.05) is 55.5 Å². The molecule has 1 saturated heterocycles. The van der Waals surface area contributed by atoms with E-state index in [2.05, 4.69) is 17.5 Å².